The molecule has 0 bridgehead atoms. The normalized spacial score (nSPS) is 19.7. The maximum atomic E-state index is 13.0. The minimum absolute atomic E-state index is 0.0654. The summed E-state index contributed by atoms with van der Waals surface area (Å²) in [5.74, 6) is -0.253. The van der Waals surface area contributed by atoms with E-state index in [-0.39, 0.29) is 12.1 Å². The molecule has 1 atom stereocenters. The quantitative estimate of drug-likeness (QED) is 0.790. The van der Waals surface area contributed by atoms with Crippen LogP contribution in [-0.2, 0) is 23.1 Å². The Morgan fingerprint density at radius 2 is 1.86 bits per heavy atom. The van der Waals surface area contributed by atoms with Gasteiger partial charge in [0.15, 0.2) is 0 Å². The molecule has 0 aliphatic carbocycles. The summed E-state index contributed by atoms with van der Waals surface area (Å²) in [5.41, 5.74) is -1.48. The van der Waals surface area contributed by atoms with Gasteiger partial charge >= 0.3 is 12.2 Å². The number of amides is 3. The number of carbonyl (C=O) groups is 2. The lowest BCUT2D eigenvalue weighted by Crippen LogP contribution is -2.40. The molecule has 9 heteroatoms. The van der Waals surface area contributed by atoms with Crippen molar-refractivity contribution in [3.05, 3.63) is 59.3 Å². The average Bonchev–Trinajstić information content (AvgIpc) is 2.87. The minimum atomic E-state index is -4.48. The number of halogens is 3. The van der Waals surface area contributed by atoms with Gasteiger partial charge in [0.1, 0.15) is 5.54 Å². The Morgan fingerprint density at radius 1 is 1.18 bits per heavy atom. The number of rotatable bonds is 5. The standard InChI is InChI=1S/C19H18F3N3O3/c1-3-28-15-12(5-4-10-23-15)11-25-16(26)18(2,24-17(25)27)13-6-8-14(9-7-13)19(20,21)22/h4-10H,3,11H2,1-2H3,(H,24,27). The number of hydrogen-bond acceptors (Lipinski definition) is 4. The summed E-state index contributed by atoms with van der Waals surface area (Å²) in [5, 5.41) is 2.57. The van der Waals surface area contributed by atoms with Crippen LogP contribution in [-0.4, -0.2) is 28.4 Å². The Balaban J connectivity index is 1.87. The Hall–Kier alpha value is -3.10. The number of imide groups is 1. The van der Waals surface area contributed by atoms with Crippen molar-refractivity contribution in [2.24, 2.45) is 0 Å². The zero-order chi connectivity index (χ0) is 20.5. The van der Waals surface area contributed by atoms with Gasteiger partial charge in [0.2, 0.25) is 5.88 Å². The first kappa shape index (κ1) is 19.7. The van der Waals surface area contributed by atoms with Gasteiger partial charge in [0, 0.05) is 11.8 Å². The SMILES string of the molecule is CCOc1ncccc1CN1C(=O)NC(C)(c2ccc(C(F)(F)F)cc2)C1=O. The Bertz CT molecular complexity index is 899. The fourth-order valence-electron chi connectivity index (χ4n) is 3.01. The zero-order valence-corrected chi connectivity index (χ0v) is 15.2. The molecule has 0 radical (unpaired) electrons. The predicted molar refractivity (Wildman–Crippen MR) is 93.3 cm³/mol. The number of urea groups is 1. The molecule has 1 aromatic heterocycles. The van der Waals surface area contributed by atoms with Gasteiger partial charge in [0.05, 0.1) is 18.7 Å². The largest absolute Gasteiger partial charge is 0.478 e. The molecule has 6 nitrogen and oxygen atoms in total. The van der Waals surface area contributed by atoms with Crippen LogP contribution in [0.3, 0.4) is 0 Å². The molecule has 0 saturated carbocycles. The summed E-state index contributed by atoms with van der Waals surface area (Å²) in [4.78, 5) is 30.5. The monoisotopic (exact) mass is 393 g/mol. The number of aromatic nitrogens is 1. The molecule has 2 heterocycles. The minimum Gasteiger partial charge on any atom is -0.478 e. The number of pyridine rings is 1. The van der Waals surface area contributed by atoms with Gasteiger partial charge in [-0.05, 0) is 37.6 Å². The summed E-state index contributed by atoms with van der Waals surface area (Å²) < 4.78 is 43.7. The van der Waals surface area contributed by atoms with Gasteiger partial charge in [-0.1, -0.05) is 18.2 Å². The molecule has 1 aliphatic heterocycles. The van der Waals surface area contributed by atoms with Crippen molar-refractivity contribution in [1.82, 2.24) is 15.2 Å². The summed E-state index contributed by atoms with van der Waals surface area (Å²) in [6, 6.07) is 6.87. The van der Waals surface area contributed by atoms with Crippen molar-refractivity contribution in [2.75, 3.05) is 6.61 Å². The highest BCUT2D eigenvalue weighted by atomic mass is 19.4. The topological polar surface area (TPSA) is 71.5 Å². The first-order valence-electron chi connectivity index (χ1n) is 8.55. The summed E-state index contributed by atoms with van der Waals surface area (Å²) in [6.07, 6.45) is -2.95. The average molecular weight is 393 g/mol. The Kier molecular flexibility index (Phi) is 5.01. The maximum absolute atomic E-state index is 13.0. The molecule has 3 rings (SSSR count). The van der Waals surface area contributed by atoms with E-state index in [2.05, 4.69) is 10.3 Å². The van der Waals surface area contributed by atoms with Crippen LogP contribution in [0, 0.1) is 0 Å². The van der Waals surface area contributed by atoms with Gasteiger partial charge in [-0.3, -0.25) is 9.69 Å². The van der Waals surface area contributed by atoms with Gasteiger partial charge in [-0.25, -0.2) is 9.78 Å². The Labute approximate surface area is 159 Å². The van der Waals surface area contributed by atoms with Crippen molar-refractivity contribution >= 4 is 11.9 Å². The molecule has 1 fully saturated rings. The number of nitrogens with one attached hydrogen (secondary N) is 1. The van der Waals surface area contributed by atoms with E-state index < -0.39 is 29.2 Å². The highest BCUT2D eigenvalue weighted by Crippen LogP contribution is 2.34. The van der Waals surface area contributed by atoms with E-state index in [1.165, 1.54) is 25.3 Å². The van der Waals surface area contributed by atoms with Crippen molar-refractivity contribution in [3.63, 3.8) is 0 Å². The molecule has 28 heavy (non-hydrogen) atoms. The third kappa shape index (κ3) is 3.51. The van der Waals surface area contributed by atoms with E-state index in [0.717, 1.165) is 17.0 Å². The van der Waals surface area contributed by atoms with Gasteiger partial charge in [-0.15, -0.1) is 0 Å². The third-order valence-corrected chi connectivity index (χ3v) is 4.52. The van der Waals surface area contributed by atoms with Crippen LogP contribution in [0.25, 0.3) is 0 Å². The molecule has 2 aromatic rings. The number of carbonyl (C=O) groups excluding carboxylic acids is 2. The fraction of sp³-hybridized carbons (Fsp3) is 0.316. The van der Waals surface area contributed by atoms with Crippen molar-refractivity contribution in [1.29, 1.82) is 0 Å². The van der Waals surface area contributed by atoms with E-state index in [0.29, 0.717) is 18.1 Å². The molecular formula is C19H18F3N3O3. The van der Waals surface area contributed by atoms with Crippen LogP contribution in [0.1, 0.15) is 30.5 Å². The third-order valence-electron chi connectivity index (χ3n) is 4.52. The van der Waals surface area contributed by atoms with E-state index in [1.54, 1.807) is 19.1 Å². The highest BCUT2D eigenvalue weighted by Gasteiger charge is 2.49. The first-order chi connectivity index (χ1) is 13.2. The van der Waals surface area contributed by atoms with E-state index in [1.807, 2.05) is 0 Å². The predicted octanol–water partition coefficient (Wildman–Crippen LogP) is 3.47. The molecule has 1 N–H and O–H groups in total. The fourth-order valence-corrected chi connectivity index (χ4v) is 3.01. The highest BCUT2D eigenvalue weighted by molar-refractivity contribution is 6.07. The second-order valence-electron chi connectivity index (χ2n) is 6.42. The summed E-state index contributed by atoms with van der Waals surface area (Å²) in [7, 11) is 0. The van der Waals surface area contributed by atoms with Crippen LogP contribution >= 0.6 is 0 Å². The molecule has 1 aromatic carbocycles. The lowest BCUT2D eigenvalue weighted by molar-refractivity contribution is -0.137. The molecule has 148 valence electrons. The molecule has 0 spiro atoms. The van der Waals surface area contributed by atoms with Crippen LogP contribution < -0.4 is 10.1 Å². The van der Waals surface area contributed by atoms with Crippen molar-refractivity contribution in [3.8, 4) is 5.88 Å². The number of benzene rings is 1. The summed E-state index contributed by atoms with van der Waals surface area (Å²) in [6.45, 7) is 3.55. The van der Waals surface area contributed by atoms with Crippen LogP contribution in [0.5, 0.6) is 5.88 Å². The number of hydrogen-bond donors (Lipinski definition) is 1. The first-order valence-corrected chi connectivity index (χ1v) is 8.55. The van der Waals surface area contributed by atoms with Crippen LogP contribution in [0.15, 0.2) is 42.6 Å². The lowest BCUT2D eigenvalue weighted by Gasteiger charge is -2.23. The smallest absolute Gasteiger partial charge is 0.416 e. The van der Waals surface area contributed by atoms with Crippen molar-refractivity contribution in [2.45, 2.75) is 32.1 Å². The number of alkyl halides is 3. The number of nitrogens with zero attached hydrogens (tertiary/aromatic N) is 2. The van der Waals surface area contributed by atoms with Crippen molar-refractivity contribution < 1.29 is 27.5 Å². The van der Waals surface area contributed by atoms with E-state index in [4.69, 9.17) is 4.74 Å². The molecule has 1 unspecified atom stereocenters. The van der Waals surface area contributed by atoms with Crippen LogP contribution in [0.4, 0.5) is 18.0 Å². The van der Waals surface area contributed by atoms with Gasteiger partial charge in [0.25, 0.3) is 5.91 Å². The van der Waals surface area contributed by atoms with E-state index in [9.17, 15) is 22.8 Å². The second-order valence-corrected chi connectivity index (χ2v) is 6.42. The van der Waals surface area contributed by atoms with Gasteiger partial charge in [-0.2, -0.15) is 13.2 Å². The maximum Gasteiger partial charge on any atom is 0.416 e. The van der Waals surface area contributed by atoms with Gasteiger partial charge < -0.3 is 10.1 Å². The molecular weight excluding hydrogens is 375 g/mol. The molecule has 1 aliphatic rings. The second kappa shape index (κ2) is 7.14. The molecule has 3 amide bonds. The summed E-state index contributed by atoms with van der Waals surface area (Å²) >= 11 is 0. The zero-order valence-electron chi connectivity index (χ0n) is 15.2. The molecule has 1 saturated heterocycles. The lowest BCUT2D eigenvalue weighted by atomic mass is 9.91. The Morgan fingerprint density at radius 3 is 2.46 bits per heavy atom. The number of ether oxygens (including phenoxy) is 1. The van der Waals surface area contributed by atoms with E-state index >= 15 is 0 Å². The van der Waals surface area contributed by atoms with Crippen LogP contribution in [0.2, 0.25) is 0 Å².